The molecule has 0 aromatic heterocycles. The lowest BCUT2D eigenvalue weighted by Crippen LogP contribution is -2.06. The Labute approximate surface area is 120 Å². The van der Waals surface area contributed by atoms with Gasteiger partial charge in [0.15, 0.2) is 0 Å². The zero-order valence-corrected chi connectivity index (χ0v) is 11.4. The number of carbonyl (C=O) groups is 1. The minimum Gasteiger partial charge on any atom is -0.465 e. The third-order valence-electron chi connectivity index (χ3n) is 2.65. The van der Waals surface area contributed by atoms with Gasteiger partial charge in [0.05, 0.1) is 23.4 Å². The topological polar surface area (TPSA) is 64.3 Å². The van der Waals surface area contributed by atoms with E-state index >= 15 is 0 Å². The summed E-state index contributed by atoms with van der Waals surface area (Å²) < 4.78 is 18.1. The first kappa shape index (κ1) is 14.1. The van der Waals surface area contributed by atoms with Crippen LogP contribution in [0.5, 0.6) is 0 Å². The molecule has 0 aliphatic carbocycles. The number of hydrogen-bond donors (Lipinski definition) is 2. The normalized spacial score (nSPS) is 10.2. The van der Waals surface area contributed by atoms with Gasteiger partial charge in [0.2, 0.25) is 0 Å². The maximum atomic E-state index is 13.4. The maximum Gasteiger partial charge on any atom is 0.340 e. The SMILES string of the molecule is COC(=O)c1cc(N)ccc1Nc1ccc(Cl)c(F)c1. The summed E-state index contributed by atoms with van der Waals surface area (Å²) >= 11 is 5.62. The lowest BCUT2D eigenvalue weighted by Gasteiger charge is -2.12. The van der Waals surface area contributed by atoms with Gasteiger partial charge in [-0.25, -0.2) is 9.18 Å². The van der Waals surface area contributed by atoms with Crippen LogP contribution in [0, 0.1) is 5.82 Å². The predicted molar refractivity (Wildman–Crippen MR) is 76.9 cm³/mol. The summed E-state index contributed by atoms with van der Waals surface area (Å²) in [6, 6.07) is 8.99. The molecule has 3 N–H and O–H groups in total. The molecule has 0 saturated carbocycles. The summed E-state index contributed by atoms with van der Waals surface area (Å²) in [7, 11) is 1.28. The average molecular weight is 295 g/mol. The van der Waals surface area contributed by atoms with Crippen molar-refractivity contribution in [2.75, 3.05) is 18.2 Å². The van der Waals surface area contributed by atoms with Crippen molar-refractivity contribution in [3.8, 4) is 0 Å². The van der Waals surface area contributed by atoms with E-state index in [1.54, 1.807) is 18.2 Å². The van der Waals surface area contributed by atoms with Crippen molar-refractivity contribution in [3.63, 3.8) is 0 Å². The standard InChI is InChI=1S/C14H12ClFN2O2/c1-20-14(19)10-6-8(17)2-5-13(10)18-9-3-4-11(15)12(16)7-9/h2-7,18H,17H2,1H3. The second kappa shape index (κ2) is 5.79. The lowest BCUT2D eigenvalue weighted by molar-refractivity contribution is 0.0602. The van der Waals surface area contributed by atoms with Gasteiger partial charge in [-0.15, -0.1) is 0 Å². The summed E-state index contributed by atoms with van der Waals surface area (Å²) in [5.41, 5.74) is 7.27. The van der Waals surface area contributed by atoms with Gasteiger partial charge < -0.3 is 15.8 Å². The number of anilines is 3. The third kappa shape index (κ3) is 3.00. The molecule has 0 saturated heterocycles. The molecule has 0 radical (unpaired) electrons. The summed E-state index contributed by atoms with van der Waals surface area (Å²) in [5.74, 6) is -1.08. The molecule has 0 heterocycles. The molecule has 2 rings (SSSR count). The van der Waals surface area contributed by atoms with Crippen molar-refractivity contribution in [1.82, 2.24) is 0 Å². The van der Waals surface area contributed by atoms with Crippen LogP contribution in [0.3, 0.4) is 0 Å². The molecule has 0 fully saturated rings. The van der Waals surface area contributed by atoms with E-state index in [4.69, 9.17) is 17.3 Å². The minimum absolute atomic E-state index is 0.0287. The van der Waals surface area contributed by atoms with E-state index < -0.39 is 11.8 Å². The molecule has 0 aliphatic rings. The zero-order valence-electron chi connectivity index (χ0n) is 10.6. The first-order valence-corrected chi connectivity index (χ1v) is 6.09. The largest absolute Gasteiger partial charge is 0.465 e. The number of carbonyl (C=O) groups excluding carboxylic acids is 1. The highest BCUT2D eigenvalue weighted by atomic mass is 35.5. The Kier molecular flexibility index (Phi) is 4.10. The second-order valence-electron chi connectivity index (χ2n) is 4.05. The molecule has 2 aromatic carbocycles. The van der Waals surface area contributed by atoms with Gasteiger partial charge in [0, 0.05) is 11.4 Å². The van der Waals surface area contributed by atoms with Crippen LogP contribution in [0.1, 0.15) is 10.4 Å². The average Bonchev–Trinajstić information content (AvgIpc) is 2.44. The van der Waals surface area contributed by atoms with Crippen LogP contribution >= 0.6 is 11.6 Å². The Balaban J connectivity index is 2.37. The molecule has 0 bridgehead atoms. The van der Waals surface area contributed by atoms with Gasteiger partial charge in [-0.05, 0) is 36.4 Å². The highest BCUT2D eigenvalue weighted by Crippen LogP contribution is 2.26. The van der Waals surface area contributed by atoms with Gasteiger partial charge in [-0.2, -0.15) is 0 Å². The van der Waals surface area contributed by atoms with Crippen LogP contribution < -0.4 is 11.1 Å². The highest BCUT2D eigenvalue weighted by molar-refractivity contribution is 6.30. The molecule has 104 valence electrons. The first-order chi connectivity index (χ1) is 9.51. The lowest BCUT2D eigenvalue weighted by atomic mass is 10.1. The monoisotopic (exact) mass is 294 g/mol. The predicted octanol–water partition coefficient (Wildman–Crippen LogP) is 3.59. The van der Waals surface area contributed by atoms with Gasteiger partial charge in [0.25, 0.3) is 0 Å². The van der Waals surface area contributed by atoms with Crippen LogP contribution in [0.25, 0.3) is 0 Å². The van der Waals surface area contributed by atoms with Crippen molar-refractivity contribution < 1.29 is 13.9 Å². The number of methoxy groups -OCH3 is 1. The number of rotatable bonds is 3. The quantitative estimate of drug-likeness (QED) is 0.671. The van der Waals surface area contributed by atoms with Crippen LogP contribution in [0.15, 0.2) is 36.4 Å². The molecule has 2 aromatic rings. The summed E-state index contributed by atoms with van der Waals surface area (Å²) in [4.78, 5) is 11.7. The van der Waals surface area contributed by atoms with Crippen molar-refractivity contribution in [2.24, 2.45) is 0 Å². The summed E-state index contributed by atoms with van der Waals surface area (Å²) in [6.07, 6.45) is 0. The molecular formula is C14H12ClFN2O2. The van der Waals surface area contributed by atoms with Gasteiger partial charge >= 0.3 is 5.97 Å². The van der Waals surface area contributed by atoms with E-state index in [1.165, 1.54) is 25.3 Å². The molecule has 6 heteroatoms. The number of nitrogen functional groups attached to an aromatic ring is 1. The van der Waals surface area contributed by atoms with Crippen molar-refractivity contribution in [2.45, 2.75) is 0 Å². The fourth-order valence-electron chi connectivity index (χ4n) is 1.68. The van der Waals surface area contributed by atoms with Crippen LogP contribution in [0.2, 0.25) is 5.02 Å². The Morgan fingerprint density at radius 3 is 2.70 bits per heavy atom. The molecular weight excluding hydrogens is 283 g/mol. The van der Waals surface area contributed by atoms with E-state index in [1.807, 2.05) is 0 Å². The highest BCUT2D eigenvalue weighted by Gasteiger charge is 2.13. The summed E-state index contributed by atoms with van der Waals surface area (Å²) in [5, 5.41) is 2.96. The fraction of sp³-hybridized carbons (Fsp3) is 0.0714. The van der Waals surface area contributed by atoms with Crippen LogP contribution in [0.4, 0.5) is 21.5 Å². The number of ether oxygens (including phenoxy) is 1. The number of nitrogens with one attached hydrogen (secondary N) is 1. The van der Waals surface area contributed by atoms with Gasteiger partial charge in [0.1, 0.15) is 5.82 Å². The molecule has 0 aliphatic heterocycles. The van der Waals surface area contributed by atoms with E-state index in [-0.39, 0.29) is 10.6 Å². The van der Waals surface area contributed by atoms with E-state index in [0.29, 0.717) is 17.1 Å². The maximum absolute atomic E-state index is 13.4. The molecule has 4 nitrogen and oxygen atoms in total. The first-order valence-electron chi connectivity index (χ1n) is 5.71. The molecule has 0 amide bonds. The van der Waals surface area contributed by atoms with E-state index in [2.05, 4.69) is 10.1 Å². The van der Waals surface area contributed by atoms with E-state index in [9.17, 15) is 9.18 Å². The number of hydrogen-bond acceptors (Lipinski definition) is 4. The summed E-state index contributed by atoms with van der Waals surface area (Å²) in [6.45, 7) is 0. The van der Waals surface area contributed by atoms with Crippen LogP contribution in [-0.2, 0) is 4.74 Å². The van der Waals surface area contributed by atoms with Crippen LogP contribution in [-0.4, -0.2) is 13.1 Å². The number of esters is 1. The Morgan fingerprint density at radius 1 is 1.30 bits per heavy atom. The Bertz CT molecular complexity index is 662. The molecule has 0 unspecified atom stereocenters. The fourth-order valence-corrected chi connectivity index (χ4v) is 1.80. The van der Waals surface area contributed by atoms with Crippen molar-refractivity contribution in [3.05, 3.63) is 52.8 Å². The molecule has 0 atom stereocenters. The van der Waals surface area contributed by atoms with E-state index in [0.717, 1.165) is 0 Å². The third-order valence-corrected chi connectivity index (χ3v) is 2.95. The van der Waals surface area contributed by atoms with Gasteiger partial charge in [-0.3, -0.25) is 0 Å². The number of benzene rings is 2. The number of halogens is 2. The van der Waals surface area contributed by atoms with Crippen molar-refractivity contribution in [1.29, 1.82) is 0 Å². The van der Waals surface area contributed by atoms with Gasteiger partial charge in [-0.1, -0.05) is 11.6 Å². The number of nitrogens with two attached hydrogens (primary N) is 1. The Hall–Kier alpha value is -2.27. The zero-order chi connectivity index (χ0) is 14.7. The smallest absolute Gasteiger partial charge is 0.340 e. The Morgan fingerprint density at radius 2 is 2.05 bits per heavy atom. The minimum atomic E-state index is -0.549. The second-order valence-corrected chi connectivity index (χ2v) is 4.46. The molecule has 0 spiro atoms. The van der Waals surface area contributed by atoms with Crippen molar-refractivity contribution >= 4 is 34.6 Å². The molecule has 20 heavy (non-hydrogen) atoms.